The number of rotatable bonds is 0. The van der Waals surface area contributed by atoms with E-state index in [9.17, 15) is 0 Å². The van der Waals surface area contributed by atoms with Gasteiger partial charge in [0.05, 0.1) is 0 Å². The topological polar surface area (TPSA) is 0 Å². The van der Waals surface area contributed by atoms with Crippen LogP contribution in [-0.2, 0) is 0 Å². The maximum absolute atomic E-state index is 2.34. The smallest absolute Gasteiger partial charge is 0.0385 e. The van der Waals surface area contributed by atoms with Gasteiger partial charge in [-0.15, -0.1) is 11.8 Å². The van der Waals surface area contributed by atoms with Gasteiger partial charge in [-0.05, 0) is 30.5 Å². The van der Waals surface area contributed by atoms with Gasteiger partial charge in [-0.25, -0.2) is 0 Å². The van der Waals surface area contributed by atoms with Gasteiger partial charge in [0, 0.05) is 10.1 Å². The predicted molar refractivity (Wildman–Crippen MR) is 62.4 cm³/mol. The van der Waals surface area contributed by atoms with Crippen LogP contribution < -0.4 is 0 Å². The van der Waals surface area contributed by atoms with Gasteiger partial charge >= 0.3 is 0 Å². The first-order chi connectivity index (χ1) is 6.84. The van der Waals surface area contributed by atoms with E-state index >= 15 is 0 Å². The summed E-state index contributed by atoms with van der Waals surface area (Å²) in [4.78, 5) is 1.45. The molecule has 1 aliphatic heterocycles. The van der Waals surface area contributed by atoms with E-state index in [1.807, 2.05) is 11.8 Å². The Morgan fingerprint density at radius 2 is 2.14 bits per heavy atom. The summed E-state index contributed by atoms with van der Waals surface area (Å²) in [6.45, 7) is 2.19. The van der Waals surface area contributed by atoms with Gasteiger partial charge in [0.2, 0.25) is 0 Å². The third-order valence-corrected chi connectivity index (χ3v) is 4.19. The summed E-state index contributed by atoms with van der Waals surface area (Å²) in [7, 11) is 0. The summed E-state index contributed by atoms with van der Waals surface area (Å²) in [5.74, 6) is 0. The molecule has 0 spiro atoms. The first-order valence-corrected chi connectivity index (χ1v) is 5.87. The quantitative estimate of drug-likeness (QED) is 0.612. The molecule has 70 valence electrons. The van der Waals surface area contributed by atoms with Crippen molar-refractivity contribution in [3.8, 4) is 0 Å². The van der Waals surface area contributed by atoms with Crippen molar-refractivity contribution in [3.63, 3.8) is 0 Å². The van der Waals surface area contributed by atoms with Gasteiger partial charge < -0.3 is 0 Å². The molecule has 0 fully saturated rings. The number of hydrogen-bond acceptors (Lipinski definition) is 1. The van der Waals surface area contributed by atoms with Crippen molar-refractivity contribution in [2.45, 2.75) is 23.5 Å². The molecule has 0 amide bonds. The van der Waals surface area contributed by atoms with Crippen LogP contribution in [-0.4, -0.2) is 5.25 Å². The molecule has 2 aliphatic rings. The number of benzene rings is 1. The highest BCUT2D eigenvalue weighted by Crippen LogP contribution is 2.48. The maximum atomic E-state index is 2.34. The largest absolute Gasteiger partial charge is 0.117 e. The van der Waals surface area contributed by atoms with Crippen molar-refractivity contribution < 1.29 is 0 Å². The molecule has 0 saturated heterocycles. The monoisotopic (exact) mass is 200 g/mol. The fraction of sp³-hybridized carbons (Fsp3) is 0.231. The minimum atomic E-state index is 0.677. The Hall–Kier alpha value is -0.950. The molecular weight excluding hydrogens is 188 g/mol. The van der Waals surface area contributed by atoms with E-state index < -0.39 is 0 Å². The van der Waals surface area contributed by atoms with Crippen molar-refractivity contribution in [3.05, 3.63) is 47.6 Å². The molecule has 3 rings (SSSR count). The normalized spacial score (nSPS) is 23.6. The summed E-state index contributed by atoms with van der Waals surface area (Å²) in [5, 5.41) is 0.677. The summed E-state index contributed by atoms with van der Waals surface area (Å²) in [5.41, 5.74) is 4.40. The zero-order valence-corrected chi connectivity index (χ0v) is 8.97. The van der Waals surface area contributed by atoms with E-state index in [2.05, 4.69) is 43.3 Å². The average Bonchev–Trinajstić information content (AvgIpc) is 2.56. The summed E-state index contributed by atoms with van der Waals surface area (Å²) in [6.07, 6.45) is 5.87. The summed E-state index contributed by atoms with van der Waals surface area (Å²) in [6, 6.07) is 8.74. The molecule has 1 aliphatic carbocycles. The summed E-state index contributed by atoms with van der Waals surface area (Å²) >= 11 is 2.01. The van der Waals surface area contributed by atoms with Crippen molar-refractivity contribution in [2.24, 2.45) is 0 Å². The molecule has 1 aromatic carbocycles. The molecule has 0 nitrogen and oxygen atoms in total. The van der Waals surface area contributed by atoms with E-state index in [1.54, 1.807) is 0 Å². The molecule has 1 heterocycles. The van der Waals surface area contributed by atoms with Crippen LogP contribution in [0.25, 0.3) is 5.57 Å². The van der Waals surface area contributed by atoms with Crippen LogP contribution in [0.1, 0.15) is 18.9 Å². The Morgan fingerprint density at radius 3 is 3.07 bits per heavy atom. The van der Waals surface area contributed by atoms with E-state index in [-0.39, 0.29) is 0 Å². The molecule has 14 heavy (non-hydrogen) atoms. The SMILES string of the molecule is CC1=CCC2Sc3ccccc3C2=C1. The highest BCUT2D eigenvalue weighted by Gasteiger charge is 2.27. The van der Waals surface area contributed by atoms with Crippen LogP contribution in [0.3, 0.4) is 0 Å². The van der Waals surface area contributed by atoms with Crippen LogP contribution in [0.4, 0.5) is 0 Å². The second-order valence-corrected chi connectivity index (χ2v) is 5.13. The minimum Gasteiger partial charge on any atom is -0.117 e. The third-order valence-electron chi connectivity index (χ3n) is 2.85. The zero-order chi connectivity index (χ0) is 9.54. The van der Waals surface area contributed by atoms with Gasteiger partial charge in [-0.3, -0.25) is 0 Å². The molecule has 0 aromatic heterocycles. The van der Waals surface area contributed by atoms with E-state index in [0.29, 0.717) is 5.25 Å². The lowest BCUT2D eigenvalue weighted by Gasteiger charge is -2.14. The van der Waals surface area contributed by atoms with E-state index in [1.165, 1.54) is 28.0 Å². The third kappa shape index (κ3) is 1.16. The molecule has 0 saturated carbocycles. The number of hydrogen-bond donors (Lipinski definition) is 0. The highest BCUT2D eigenvalue weighted by molar-refractivity contribution is 8.00. The van der Waals surface area contributed by atoms with E-state index in [4.69, 9.17) is 0 Å². The lowest BCUT2D eigenvalue weighted by Crippen LogP contribution is -2.02. The van der Waals surface area contributed by atoms with Crippen LogP contribution in [0.5, 0.6) is 0 Å². The standard InChI is InChI=1S/C13H12S/c1-9-6-7-13-11(8-9)10-4-2-3-5-12(10)14-13/h2-6,8,13H,7H2,1H3. The Balaban J connectivity index is 2.15. The maximum Gasteiger partial charge on any atom is 0.0385 e. The number of allylic oxidation sites excluding steroid dienone is 3. The fourth-order valence-electron chi connectivity index (χ4n) is 2.14. The first-order valence-electron chi connectivity index (χ1n) is 4.99. The van der Waals surface area contributed by atoms with Gasteiger partial charge in [0.15, 0.2) is 0 Å². The van der Waals surface area contributed by atoms with Gasteiger partial charge in [-0.1, -0.05) is 35.9 Å². The molecule has 1 heteroatoms. The predicted octanol–water partition coefficient (Wildman–Crippen LogP) is 3.89. The molecule has 1 aromatic rings. The minimum absolute atomic E-state index is 0.677. The van der Waals surface area contributed by atoms with Crippen LogP contribution in [0, 0.1) is 0 Å². The van der Waals surface area contributed by atoms with Gasteiger partial charge in [0.1, 0.15) is 0 Å². The van der Waals surface area contributed by atoms with Crippen LogP contribution >= 0.6 is 11.8 Å². The molecule has 0 radical (unpaired) electrons. The molecule has 0 bridgehead atoms. The Morgan fingerprint density at radius 1 is 1.29 bits per heavy atom. The lowest BCUT2D eigenvalue weighted by molar-refractivity contribution is 1.07. The van der Waals surface area contributed by atoms with Crippen molar-refractivity contribution in [1.82, 2.24) is 0 Å². The Bertz CT molecular complexity index is 440. The van der Waals surface area contributed by atoms with Crippen LogP contribution in [0.2, 0.25) is 0 Å². The van der Waals surface area contributed by atoms with Crippen LogP contribution in [0.15, 0.2) is 46.9 Å². The molecule has 1 atom stereocenters. The molecular formula is C13H12S. The van der Waals surface area contributed by atoms with Crippen molar-refractivity contribution >= 4 is 17.3 Å². The van der Waals surface area contributed by atoms with E-state index in [0.717, 1.165) is 0 Å². The molecule has 1 unspecified atom stereocenters. The fourth-order valence-corrected chi connectivity index (χ4v) is 3.43. The average molecular weight is 200 g/mol. The first kappa shape index (κ1) is 8.37. The number of fused-ring (bicyclic) bond motifs is 3. The highest BCUT2D eigenvalue weighted by atomic mass is 32.2. The van der Waals surface area contributed by atoms with Gasteiger partial charge in [0.25, 0.3) is 0 Å². The number of thioether (sulfide) groups is 1. The lowest BCUT2D eigenvalue weighted by atomic mass is 9.94. The van der Waals surface area contributed by atoms with Gasteiger partial charge in [-0.2, -0.15) is 0 Å². The Labute approximate surface area is 88.7 Å². The van der Waals surface area contributed by atoms with Crippen molar-refractivity contribution in [1.29, 1.82) is 0 Å². The second-order valence-electron chi connectivity index (χ2n) is 3.89. The second kappa shape index (κ2) is 3.03. The van der Waals surface area contributed by atoms with Crippen molar-refractivity contribution in [2.75, 3.05) is 0 Å². The Kier molecular flexibility index (Phi) is 1.81. The zero-order valence-electron chi connectivity index (χ0n) is 8.16. The summed E-state index contributed by atoms with van der Waals surface area (Å²) < 4.78 is 0. The molecule has 0 N–H and O–H groups in total.